The average Bonchev–Trinajstić information content (AvgIpc) is 3.00. The fraction of sp³-hybridized carbons (Fsp3) is 0.312. The number of furan rings is 1. The van der Waals surface area contributed by atoms with Crippen molar-refractivity contribution in [2.45, 2.75) is 12.8 Å². The first kappa shape index (κ1) is 12.8. The third-order valence-corrected chi connectivity index (χ3v) is 3.64. The summed E-state index contributed by atoms with van der Waals surface area (Å²) in [6.45, 7) is 1.31. The number of rotatable bonds is 4. The van der Waals surface area contributed by atoms with E-state index < -0.39 is 0 Å². The van der Waals surface area contributed by atoms with Crippen LogP contribution in [0, 0.1) is 5.92 Å². The molecule has 0 aliphatic carbocycles. The molecular formula is C16H18N2O2. The van der Waals surface area contributed by atoms with Crippen LogP contribution in [0.2, 0.25) is 0 Å². The first-order valence-corrected chi connectivity index (χ1v) is 6.95. The lowest BCUT2D eigenvalue weighted by Crippen LogP contribution is -2.38. The Balaban J connectivity index is 1.51. The fourth-order valence-electron chi connectivity index (χ4n) is 2.54. The van der Waals surface area contributed by atoms with Crippen LogP contribution in [0.4, 0.5) is 5.69 Å². The Morgan fingerprint density at radius 1 is 1.30 bits per heavy atom. The Bertz CT molecular complexity index is 578. The Morgan fingerprint density at radius 3 is 3.05 bits per heavy atom. The van der Waals surface area contributed by atoms with E-state index in [1.54, 1.807) is 6.26 Å². The molecule has 3 rings (SSSR count). The molecule has 0 bridgehead atoms. The first-order chi connectivity index (χ1) is 9.83. The molecule has 1 aromatic heterocycles. The van der Waals surface area contributed by atoms with Gasteiger partial charge in [0.25, 0.3) is 0 Å². The number of carbonyl (C=O) groups is 1. The second-order valence-corrected chi connectivity index (χ2v) is 5.06. The van der Waals surface area contributed by atoms with Crippen molar-refractivity contribution < 1.29 is 9.21 Å². The van der Waals surface area contributed by atoms with E-state index in [4.69, 9.17) is 4.42 Å². The predicted molar refractivity (Wildman–Crippen MR) is 77.5 cm³/mol. The summed E-state index contributed by atoms with van der Waals surface area (Å²) in [6, 6.07) is 11.9. The lowest BCUT2D eigenvalue weighted by molar-refractivity contribution is -0.124. The summed E-state index contributed by atoms with van der Waals surface area (Å²) in [7, 11) is 0. The minimum Gasteiger partial charge on any atom is -0.469 e. The van der Waals surface area contributed by atoms with Gasteiger partial charge in [-0.25, -0.2) is 0 Å². The lowest BCUT2D eigenvalue weighted by atomic mass is 9.93. The zero-order valence-electron chi connectivity index (χ0n) is 11.3. The summed E-state index contributed by atoms with van der Waals surface area (Å²) in [5.74, 6) is 1.01. The Labute approximate surface area is 118 Å². The summed E-state index contributed by atoms with van der Waals surface area (Å²) in [5, 5.41) is 6.30. The molecule has 0 fully saturated rings. The largest absolute Gasteiger partial charge is 0.469 e. The second-order valence-electron chi connectivity index (χ2n) is 5.06. The SMILES string of the molecule is O=C(NCCc1ccco1)C1CNc2ccccc2C1. The van der Waals surface area contributed by atoms with Gasteiger partial charge in [-0.15, -0.1) is 0 Å². The maximum absolute atomic E-state index is 12.2. The lowest BCUT2D eigenvalue weighted by Gasteiger charge is -2.25. The van der Waals surface area contributed by atoms with Crippen molar-refractivity contribution in [2.75, 3.05) is 18.4 Å². The molecule has 20 heavy (non-hydrogen) atoms. The van der Waals surface area contributed by atoms with Crippen LogP contribution in [-0.2, 0) is 17.6 Å². The molecule has 0 spiro atoms. The van der Waals surface area contributed by atoms with Crippen LogP contribution in [0.3, 0.4) is 0 Å². The average molecular weight is 270 g/mol. The minimum absolute atomic E-state index is 0.00139. The van der Waals surface area contributed by atoms with Crippen molar-refractivity contribution in [3.63, 3.8) is 0 Å². The van der Waals surface area contributed by atoms with Gasteiger partial charge < -0.3 is 15.1 Å². The maximum Gasteiger partial charge on any atom is 0.225 e. The number of fused-ring (bicyclic) bond motifs is 1. The Hall–Kier alpha value is -2.23. The van der Waals surface area contributed by atoms with Crippen molar-refractivity contribution >= 4 is 11.6 Å². The number of benzene rings is 1. The van der Waals surface area contributed by atoms with Crippen LogP contribution in [0.5, 0.6) is 0 Å². The highest BCUT2D eigenvalue weighted by Gasteiger charge is 2.23. The number of anilines is 1. The summed E-state index contributed by atoms with van der Waals surface area (Å²) in [5.41, 5.74) is 2.36. The standard InChI is InChI=1S/C16H18N2O2/c19-16(17-8-7-14-5-3-9-20-14)13-10-12-4-1-2-6-15(12)18-11-13/h1-6,9,13,18H,7-8,10-11H2,(H,17,19). The zero-order chi connectivity index (χ0) is 13.8. The number of amides is 1. The van der Waals surface area contributed by atoms with Crippen molar-refractivity contribution in [2.24, 2.45) is 5.92 Å². The van der Waals surface area contributed by atoms with Gasteiger partial charge in [-0.05, 0) is 30.2 Å². The van der Waals surface area contributed by atoms with Crippen LogP contribution in [-0.4, -0.2) is 19.0 Å². The van der Waals surface area contributed by atoms with Gasteiger partial charge in [0.05, 0.1) is 12.2 Å². The van der Waals surface area contributed by atoms with E-state index in [2.05, 4.69) is 22.8 Å². The minimum atomic E-state index is 0.00139. The number of carbonyl (C=O) groups excluding carboxylic acids is 1. The van der Waals surface area contributed by atoms with Gasteiger partial charge in [-0.2, -0.15) is 0 Å². The molecule has 1 amide bonds. The molecule has 104 valence electrons. The molecule has 1 aromatic carbocycles. The van der Waals surface area contributed by atoms with Gasteiger partial charge in [-0.1, -0.05) is 18.2 Å². The highest BCUT2D eigenvalue weighted by Crippen LogP contribution is 2.24. The number of nitrogens with one attached hydrogen (secondary N) is 2. The highest BCUT2D eigenvalue weighted by molar-refractivity contribution is 5.80. The van der Waals surface area contributed by atoms with Gasteiger partial charge in [-0.3, -0.25) is 4.79 Å². The molecule has 2 N–H and O–H groups in total. The molecule has 0 saturated carbocycles. The molecule has 2 aromatic rings. The molecular weight excluding hydrogens is 252 g/mol. The third-order valence-electron chi connectivity index (χ3n) is 3.64. The second kappa shape index (κ2) is 5.82. The van der Waals surface area contributed by atoms with E-state index in [1.165, 1.54) is 5.56 Å². The van der Waals surface area contributed by atoms with E-state index in [0.29, 0.717) is 13.1 Å². The van der Waals surface area contributed by atoms with E-state index in [-0.39, 0.29) is 11.8 Å². The van der Waals surface area contributed by atoms with Crippen LogP contribution < -0.4 is 10.6 Å². The first-order valence-electron chi connectivity index (χ1n) is 6.95. The summed E-state index contributed by atoms with van der Waals surface area (Å²) < 4.78 is 5.24. The van der Waals surface area contributed by atoms with Gasteiger partial charge in [0.2, 0.25) is 5.91 Å². The molecule has 4 nitrogen and oxygen atoms in total. The third kappa shape index (κ3) is 2.85. The van der Waals surface area contributed by atoms with E-state index >= 15 is 0 Å². The van der Waals surface area contributed by atoms with Gasteiger partial charge in [0, 0.05) is 25.2 Å². The zero-order valence-corrected chi connectivity index (χ0v) is 11.3. The van der Waals surface area contributed by atoms with Crippen molar-refractivity contribution in [1.29, 1.82) is 0 Å². The molecule has 4 heteroatoms. The molecule has 2 heterocycles. The van der Waals surface area contributed by atoms with Crippen LogP contribution in [0.1, 0.15) is 11.3 Å². The van der Waals surface area contributed by atoms with Crippen LogP contribution in [0.25, 0.3) is 0 Å². The Morgan fingerprint density at radius 2 is 2.20 bits per heavy atom. The quantitative estimate of drug-likeness (QED) is 0.895. The van der Waals surface area contributed by atoms with Crippen LogP contribution in [0.15, 0.2) is 47.1 Å². The van der Waals surface area contributed by atoms with Gasteiger partial charge in [0.1, 0.15) is 5.76 Å². The summed E-state index contributed by atoms with van der Waals surface area (Å²) >= 11 is 0. The monoisotopic (exact) mass is 270 g/mol. The molecule has 1 unspecified atom stereocenters. The number of hydrogen-bond acceptors (Lipinski definition) is 3. The fourth-order valence-corrected chi connectivity index (χ4v) is 2.54. The number of hydrogen-bond donors (Lipinski definition) is 2. The highest BCUT2D eigenvalue weighted by atomic mass is 16.3. The molecule has 1 aliphatic rings. The summed E-state index contributed by atoms with van der Waals surface area (Å²) in [6.07, 6.45) is 3.18. The maximum atomic E-state index is 12.2. The smallest absolute Gasteiger partial charge is 0.225 e. The predicted octanol–water partition coefficient (Wildman–Crippen LogP) is 2.22. The summed E-state index contributed by atoms with van der Waals surface area (Å²) in [4.78, 5) is 12.2. The molecule has 1 atom stereocenters. The van der Waals surface area contributed by atoms with Crippen molar-refractivity contribution in [3.8, 4) is 0 Å². The van der Waals surface area contributed by atoms with Gasteiger partial charge >= 0.3 is 0 Å². The van der Waals surface area contributed by atoms with Gasteiger partial charge in [0.15, 0.2) is 0 Å². The molecule has 0 saturated heterocycles. The van der Waals surface area contributed by atoms with Crippen LogP contribution >= 0.6 is 0 Å². The normalized spacial score (nSPS) is 17.1. The van der Waals surface area contributed by atoms with E-state index in [1.807, 2.05) is 24.3 Å². The molecule has 1 aliphatic heterocycles. The van der Waals surface area contributed by atoms with E-state index in [9.17, 15) is 4.79 Å². The van der Waals surface area contributed by atoms with Crippen molar-refractivity contribution in [1.82, 2.24) is 5.32 Å². The number of para-hydroxylation sites is 1. The topological polar surface area (TPSA) is 54.3 Å². The van der Waals surface area contributed by atoms with Crippen molar-refractivity contribution in [3.05, 3.63) is 54.0 Å². The Kier molecular flexibility index (Phi) is 3.72. The van der Waals surface area contributed by atoms with E-state index in [0.717, 1.165) is 24.3 Å². The molecule has 0 radical (unpaired) electrons.